The van der Waals surface area contributed by atoms with E-state index in [1.165, 1.54) is 23.1 Å². The summed E-state index contributed by atoms with van der Waals surface area (Å²) in [7, 11) is 1.62. The maximum Gasteiger partial charge on any atom is 0.264 e. The van der Waals surface area contributed by atoms with Crippen LogP contribution in [-0.4, -0.2) is 23.2 Å². The van der Waals surface area contributed by atoms with Gasteiger partial charge in [-0.05, 0) is 47.7 Å². The Kier molecular flexibility index (Phi) is 6.26. The third-order valence-corrected chi connectivity index (χ3v) is 5.38. The van der Waals surface area contributed by atoms with Crippen molar-refractivity contribution in [1.29, 1.82) is 0 Å². The van der Waals surface area contributed by atoms with Crippen LogP contribution in [0.25, 0.3) is 16.3 Å². The molecule has 0 saturated carbocycles. The highest BCUT2D eigenvalue weighted by Crippen LogP contribution is 2.32. The largest absolute Gasteiger partial charge is 0.497 e. The third kappa shape index (κ3) is 4.56. The normalized spacial score (nSPS) is 16.3. The first-order chi connectivity index (χ1) is 13.2. The lowest BCUT2D eigenvalue weighted by molar-refractivity contribution is -0.115. The van der Waals surface area contributed by atoms with E-state index >= 15 is 0 Å². The molecule has 7 heteroatoms. The molecule has 0 aliphatic carbocycles. The van der Waals surface area contributed by atoms with Crippen molar-refractivity contribution in [1.82, 2.24) is 10.3 Å². The number of carbonyl (C=O) groups excluding carboxylic acids is 1. The molecule has 27 heavy (non-hydrogen) atoms. The molecule has 1 aliphatic heterocycles. The summed E-state index contributed by atoms with van der Waals surface area (Å²) >= 11 is 2.81. The molecule has 0 spiro atoms. The molecule has 0 unspecified atom stereocenters. The van der Waals surface area contributed by atoms with Crippen LogP contribution in [0.1, 0.15) is 19.4 Å². The van der Waals surface area contributed by atoms with Gasteiger partial charge in [0.25, 0.3) is 5.91 Å². The summed E-state index contributed by atoms with van der Waals surface area (Å²) in [5, 5.41) is 3.97. The van der Waals surface area contributed by atoms with Crippen LogP contribution in [0.4, 0.5) is 5.13 Å². The Morgan fingerprint density at radius 2 is 1.85 bits per heavy atom. The molecule has 0 radical (unpaired) electrons. The van der Waals surface area contributed by atoms with E-state index in [0.29, 0.717) is 15.2 Å². The van der Waals surface area contributed by atoms with Gasteiger partial charge in [0.2, 0.25) is 5.13 Å². The summed E-state index contributed by atoms with van der Waals surface area (Å²) in [6.07, 6.45) is 1.83. The van der Waals surface area contributed by atoms with Crippen molar-refractivity contribution < 1.29 is 9.53 Å². The molecule has 1 amide bonds. The number of methoxy groups -OCH3 is 1. The van der Waals surface area contributed by atoms with E-state index in [0.717, 1.165) is 21.5 Å². The number of benzene rings is 2. The van der Waals surface area contributed by atoms with Gasteiger partial charge in [-0.25, -0.2) is 4.98 Å². The number of para-hydroxylation sites is 1. The number of hydrogen-bond donors (Lipinski definition) is 1. The lowest BCUT2D eigenvalue weighted by Crippen LogP contribution is -2.19. The molecule has 4 rings (SSSR count). The van der Waals surface area contributed by atoms with Gasteiger partial charge in [-0.2, -0.15) is 4.99 Å². The Morgan fingerprint density at radius 3 is 2.56 bits per heavy atom. The van der Waals surface area contributed by atoms with Gasteiger partial charge in [-0.1, -0.05) is 49.4 Å². The van der Waals surface area contributed by atoms with Gasteiger partial charge in [0.05, 0.1) is 22.2 Å². The van der Waals surface area contributed by atoms with Crippen molar-refractivity contribution in [3.63, 3.8) is 0 Å². The number of ether oxygens (including phenoxy) is 1. The highest BCUT2D eigenvalue weighted by Gasteiger charge is 2.24. The monoisotopic (exact) mass is 397 g/mol. The number of amides is 1. The predicted molar refractivity (Wildman–Crippen MR) is 115 cm³/mol. The molecule has 1 fully saturated rings. The van der Waals surface area contributed by atoms with Gasteiger partial charge in [0.15, 0.2) is 5.17 Å². The zero-order valence-corrected chi connectivity index (χ0v) is 16.9. The maximum absolute atomic E-state index is 12.2. The Bertz CT molecular complexity index is 974. The number of nitrogens with one attached hydrogen (secondary N) is 1. The first kappa shape index (κ1) is 19.1. The van der Waals surface area contributed by atoms with E-state index in [-0.39, 0.29) is 5.91 Å². The van der Waals surface area contributed by atoms with Crippen LogP contribution in [-0.2, 0) is 4.79 Å². The molecule has 1 saturated heterocycles. The van der Waals surface area contributed by atoms with Crippen molar-refractivity contribution in [2.75, 3.05) is 7.11 Å². The fourth-order valence-corrected chi connectivity index (χ4v) is 4.05. The van der Waals surface area contributed by atoms with Crippen molar-refractivity contribution in [3.05, 3.63) is 59.0 Å². The first-order valence-electron chi connectivity index (χ1n) is 8.50. The summed E-state index contributed by atoms with van der Waals surface area (Å²) in [6, 6.07) is 15.4. The zero-order chi connectivity index (χ0) is 19.2. The Labute approximate surface area is 166 Å². The molecule has 0 bridgehead atoms. The smallest absolute Gasteiger partial charge is 0.264 e. The third-order valence-electron chi connectivity index (χ3n) is 3.54. The topological polar surface area (TPSA) is 63.6 Å². The Balaban J connectivity index is 0.00000102. The summed E-state index contributed by atoms with van der Waals surface area (Å²) in [6.45, 7) is 4.00. The highest BCUT2D eigenvalue weighted by molar-refractivity contribution is 8.18. The van der Waals surface area contributed by atoms with E-state index in [2.05, 4.69) is 15.3 Å². The molecule has 2 aromatic carbocycles. The van der Waals surface area contributed by atoms with Crippen LogP contribution in [0.15, 0.2) is 58.4 Å². The molecule has 2 heterocycles. The standard InChI is InChI=1S/C18H13N3O2S2.C2H6/c1-23-12-8-6-11(7-9-12)10-15-16(22)20-18(25-15)21-17-19-13-4-2-3-5-14(13)24-17;1-2/h2-10H,1H3,(H,19,20,21,22);1-2H3/b15-10+;. The van der Waals surface area contributed by atoms with Crippen molar-refractivity contribution in [2.45, 2.75) is 13.8 Å². The average molecular weight is 398 g/mol. The van der Waals surface area contributed by atoms with Gasteiger partial charge >= 0.3 is 0 Å². The van der Waals surface area contributed by atoms with Crippen molar-refractivity contribution in [2.24, 2.45) is 4.99 Å². The fraction of sp³-hybridized carbons (Fsp3) is 0.150. The summed E-state index contributed by atoms with van der Waals surface area (Å²) in [5.74, 6) is 0.629. The second-order valence-corrected chi connectivity index (χ2v) is 7.26. The second kappa shape index (κ2) is 8.83. The van der Waals surface area contributed by atoms with Crippen LogP contribution >= 0.6 is 23.1 Å². The number of fused-ring (bicyclic) bond motifs is 1. The minimum Gasteiger partial charge on any atom is -0.497 e. The quantitative estimate of drug-likeness (QED) is 0.615. The molecule has 1 N–H and O–H groups in total. The van der Waals surface area contributed by atoms with Crippen LogP contribution < -0.4 is 10.1 Å². The fourth-order valence-electron chi connectivity index (χ4n) is 2.33. The number of aliphatic imine (C=N–C) groups is 1. The van der Waals surface area contributed by atoms with E-state index in [1.54, 1.807) is 7.11 Å². The molecular formula is C20H19N3O2S2. The van der Waals surface area contributed by atoms with Crippen LogP contribution in [0.3, 0.4) is 0 Å². The van der Waals surface area contributed by atoms with Gasteiger partial charge in [0, 0.05) is 0 Å². The SMILES string of the molecule is CC.COc1ccc(/C=C2/S/C(=N/c3nc4ccccc4s3)NC2=O)cc1. The molecule has 0 atom stereocenters. The number of thioether (sulfide) groups is 1. The van der Waals surface area contributed by atoms with Gasteiger partial charge < -0.3 is 10.1 Å². The number of thiazole rings is 1. The number of rotatable bonds is 3. The molecular weight excluding hydrogens is 378 g/mol. The minimum atomic E-state index is -0.152. The average Bonchev–Trinajstić information content (AvgIpc) is 3.26. The molecule has 3 aromatic rings. The number of carbonyl (C=O) groups is 1. The number of nitrogens with zero attached hydrogens (tertiary/aromatic N) is 2. The predicted octanol–water partition coefficient (Wildman–Crippen LogP) is 5.22. The summed E-state index contributed by atoms with van der Waals surface area (Å²) in [5.41, 5.74) is 1.84. The highest BCUT2D eigenvalue weighted by atomic mass is 32.2. The van der Waals surface area contributed by atoms with Crippen molar-refractivity contribution >= 4 is 55.6 Å². The van der Waals surface area contributed by atoms with Gasteiger partial charge in [-0.3, -0.25) is 4.79 Å². The lowest BCUT2D eigenvalue weighted by atomic mass is 10.2. The number of hydrogen-bond acceptors (Lipinski definition) is 6. The minimum absolute atomic E-state index is 0.152. The van der Waals surface area contributed by atoms with E-state index in [1.807, 2.05) is 68.5 Å². The Hall–Kier alpha value is -2.64. The summed E-state index contributed by atoms with van der Waals surface area (Å²) < 4.78 is 6.21. The van der Waals surface area contributed by atoms with Crippen LogP contribution in [0.2, 0.25) is 0 Å². The van der Waals surface area contributed by atoms with Crippen molar-refractivity contribution in [3.8, 4) is 5.75 Å². The summed E-state index contributed by atoms with van der Waals surface area (Å²) in [4.78, 5) is 21.7. The van der Waals surface area contributed by atoms with Crippen LogP contribution in [0, 0.1) is 0 Å². The second-order valence-electron chi connectivity index (χ2n) is 5.22. The number of aromatic nitrogens is 1. The van der Waals surface area contributed by atoms with E-state index in [9.17, 15) is 4.79 Å². The van der Waals surface area contributed by atoms with Gasteiger partial charge in [-0.15, -0.1) is 0 Å². The Morgan fingerprint density at radius 1 is 1.11 bits per heavy atom. The van der Waals surface area contributed by atoms with E-state index in [4.69, 9.17) is 4.74 Å². The lowest BCUT2D eigenvalue weighted by Gasteiger charge is -1.99. The van der Waals surface area contributed by atoms with E-state index < -0.39 is 0 Å². The molecule has 1 aromatic heterocycles. The molecule has 1 aliphatic rings. The zero-order valence-electron chi connectivity index (χ0n) is 15.2. The van der Waals surface area contributed by atoms with Gasteiger partial charge in [0.1, 0.15) is 5.75 Å². The first-order valence-corrected chi connectivity index (χ1v) is 10.1. The number of amidine groups is 1. The van der Waals surface area contributed by atoms with Crippen LogP contribution in [0.5, 0.6) is 5.75 Å². The molecule has 138 valence electrons. The maximum atomic E-state index is 12.2. The molecule has 5 nitrogen and oxygen atoms in total.